The van der Waals surface area contributed by atoms with Crippen LogP contribution in [0.3, 0.4) is 0 Å². The highest BCUT2D eigenvalue weighted by atomic mass is 19.1. The normalized spacial score (nSPS) is 25.7. The van der Waals surface area contributed by atoms with Gasteiger partial charge in [0.2, 0.25) is 5.88 Å². The molecule has 8 rings (SSSR count). The van der Waals surface area contributed by atoms with Gasteiger partial charge in [-0.1, -0.05) is 12.0 Å². The SMILES string of the molecule is C#Cc1c(F)ccc2cc(O)cc(-c3nc(OC)c4c(N5C[C@H]6CC[C@@H](C5)N6)nc(OC[C@@]56CCCN5C[C@H](F)C6)nc4c3F)c12. The first kappa shape index (κ1) is 29.1. The molecular formula is C34H33F3N6O3. The second-order valence-corrected chi connectivity index (χ2v) is 12.9. The molecule has 12 heteroatoms. The van der Waals surface area contributed by atoms with Gasteiger partial charge in [-0.3, -0.25) is 4.90 Å². The molecule has 4 aliphatic rings. The molecule has 4 fully saturated rings. The molecular weight excluding hydrogens is 597 g/mol. The number of ether oxygens (including phenoxy) is 2. The number of pyridine rings is 1. The molecule has 2 aromatic carbocycles. The summed E-state index contributed by atoms with van der Waals surface area (Å²) in [6.45, 7) is 2.62. The van der Waals surface area contributed by atoms with Gasteiger partial charge in [0, 0.05) is 49.1 Å². The Kier molecular flexibility index (Phi) is 6.88. The maximum atomic E-state index is 17.0. The Bertz CT molecular complexity index is 1920. The van der Waals surface area contributed by atoms with Crippen LogP contribution >= 0.6 is 0 Å². The third-order valence-electron chi connectivity index (χ3n) is 10.1. The van der Waals surface area contributed by atoms with Gasteiger partial charge in [0.05, 0.1) is 18.2 Å². The molecule has 2 aromatic heterocycles. The Morgan fingerprint density at radius 1 is 1.11 bits per heavy atom. The summed E-state index contributed by atoms with van der Waals surface area (Å²) in [4.78, 5) is 18.2. The number of aromatic hydroxyl groups is 1. The number of rotatable bonds is 6. The molecule has 2 N–H and O–H groups in total. The van der Waals surface area contributed by atoms with Crippen molar-refractivity contribution in [2.45, 2.75) is 55.9 Å². The van der Waals surface area contributed by atoms with E-state index in [-0.39, 0.29) is 69.4 Å². The molecule has 0 unspecified atom stereocenters. The van der Waals surface area contributed by atoms with Crippen LogP contribution in [0.5, 0.6) is 17.6 Å². The first-order valence-corrected chi connectivity index (χ1v) is 15.7. The van der Waals surface area contributed by atoms with Gasteiger partial charge >= 0.3 is 6.01 Å². The zero-order chi connectivity index (χ0) is 31.7. The van der Waals surface area contributed by atoms with E-state index in [1.165, 1.54) is 31.4 Å². The first-order chi connectivity index (χ1) is 22.3. The average molecular weight is 631 g/mol. The van der Waals surface area contributed by atoms with Crippen LogP contribution in [-0.2, 0) is 0 Å². The van der Waals surface area contributed by atoms with Gasteiger partial charge < -0.3 is 24.8 Å². The number of halogens is 3. The van der Waals surface area contributed by atoms with E-state index in [4.69, 9.17) is 20.9 Å². The van der Waals surface area contributed by atoms with Gasteiger partial charge in [-0.05, 0) is 55.8 Å². The lowest BCUT2D eigenvalue weighted by atomic mass is 9.95. The van der Waals surface area contributed by atoms with Crippen molar-refractivity contribution in [2.75, 3.05) is 44.8 Å². The topological polar surface area (TPSA) is 95.9 Å². The number of nitrogens with zero attached hydrogens (tertiary/aromatic N) is 5. The van der Waals surface area contributed by atoms with E-state index in [1.807, 2.05) is 0 Å². The zero-order valence-corrected chi connectivity index (χ0v) is 25.3. The van der Waals surface area contributed by atoms with Crippen molar-refractivity contribution in [2.24, 2.45) is 0 Å². The summed E-state index contributed by atoms with van der Waals surface area (Å²) in [5.74, 6) is 1.19. The van der Waals surface area contributed by atoms with Gasteiger partial charge in [-0.25, -0.2) is 18.2 Å². The van der Waals surface area contributed by atoms with Gasteiger partial charge in [-0.15, -0.1) is 6.42 Å². The maximum Gasteiger partial charge on any atom is 0.319 e. The maximum absolute atomic E-state index is 17.0. The number of phenols is 1. The molecule has 4 aliphatic heterocycles. The number of benzene rings is 2. The number of anilines is 1. The van der Waals surface area contributed by atoms with Crippen molar-refractivity contribution in [3.05, 3.63) is 41.5 Å². The molecule has 238 valence electrons. The molecule has 0 saturated carbocycles. The fraction of sp³-hybridized carbons (Fsp3) is 0.441. The molecule has 0 aliphatic carbocycles. The fourth-order valence-electron chi connectivity index (χ4n) is 8.09. The van der Waals surface area contributed by atoms with Crippen LogP contribution in [0.4, 0.5) is 19.0 Å². The molecule has 9 nitrogen and oxygen atoms in total. The van der Waals surface area contributed by atoms with Crippen molar-refractivity contribution in [3.8, 4) is 41.2 Å². The van der Waals surface area contributed by atoms with E-state index in [1.54, 1.807) is 0 Å². The summed E-state index contributed by atoms with van der Waals surface area (Å²) in [6.07, 6.45) is 8.91. The van der Waals surface area contributed by atoms with Crippen LogP contribution in [0.1, 0.15) is 37.7 Å². The van der Waals surface area contributed by atoms with Crippen molar-refractivity contribution in [3.63, 3.8) is 0 Å². The van der Waals surface area contributed by atoms with E-state index >= 15 is 4.39 Å². The number of fused-ring (bicyclic) bond motifs is 5. The molecule has 4 aromatic rings. The lowest BCUT2D eigenvalue weighted by Gasteiger charge is -2.34. The third-order valence-corrected chi connectivity index (χ3v) is 10.1. The second kappa shape index (κ2) is 10.9. The van der Waals surface area contributed by atoms with Crippen molar-refractivity contribution in [1.82, 2.24) is 25.2 Å². The van der Waals surface area contributed by atoms with Crippen LogP contribution in [0.2, 0.25) is 0 Å². The summed E-state index contributed by atoms with van der Waals surface area (Å²) >= 11 is 0. The molecule has 6 heterocycles. The van der Waals surface area contributed by atoms with Crippen molar-refractivity contribution >= 4 is 27.5 Å². The number of alkyl halides is 1. The smallest absolute Gasteiger partial charge is 0.319 e. The predicted molar refractivity (Wildman–Crippen MR) is 167 cm³/mol. The van der Waals surface area contributed by atoms with Crippen LogP contribution in [0.25, 0.3) is 32.9 Å². The van der Waals surface area contributed by atoms with Gasteiger partial charge in [0.25, 0.3) is 0 Å². The Labute approximate surface area is 263 Å². The van der Waals surface area contributed by atoms with Gasteiger partial charge in [0.1, 0.15) is 46.8 Å². The second-order valence-electron chi connectivity index (χ2n) is 12.9. The highest BCUT2D eigenvalue weighted by molar-refractivity contribution is 6.04. The van der Waals surface area contributed by atoms with Crippen LogP contribution in [-0.4, -0.2) is 88.6 Å². The summed E-state index contributed by atoms with van der Waals surface area (Å²) in [5, 5.41) is 15.1. The Morgan fingerprint density at radius 3 is 2.67 bits per heavy atom. The Balaban J connectivity index is 1.32. The molecule has 4 saturated heterocycles. The van der Waals surface area contributed by atoms with E-state index in [2.05, 4.69) is 31.0 Å². The summed E-state index contributed by atoms with van der Waals surface area (Å²) in [6, 6.07) is 5.86. The minimum atomic E-state index is -0.932. The minimum Gasteiger partial charge on any atom is -0.508 e. The molecule has 0 spiro atoms. The number of piperazine rings is 1. The standard InChI is InChI=1S/C34H33F3N6O3/c1-3-23-25(36)8-5-18-11-22(44)12-24(26(18)23)29-28(37)30-27(32(39-29)45-2)31(42-15-20-6-7-21(16-42)38-20)41-33(40-30)46-17-34-9-4-10-43(34)14-19(35)13-34/h1,5,8,11-12,19-21,38,44H,4,6-7,9-10,13-17H2,2H3/t19-,20-,21+,34+/m1/s1. The van der Waals surface area contributed by atoms with E-state index < -0.39 is 23.3 Å². The Hall–Kier alpha value is -4.34. The quantitative estimate of drug-likeness (QED) is 0.294. The largest absolute Gasteiger partial charge is 0.508 e. The predicted octanol–water partition coefficient (Wildman–Crippen LogP) is 4.71. The monoisotopic (exact) mass is 630 g/mol. The lowest BCUT2D eigenvalue weighted by molar-refractivity contribution is 0.107. The summed E-state index contributed by atoms with van der Waals surface area (Å²) in [7, 11) is 1.42. The lowest BCUT2D eigenvalue weighted by Crippen LogP contribution is -2.51. The first-order valence-electron chi connectivity index (χ1n) is 15.7. The van der Waals surface area contributed by atoms with Crippen LogP contribution in [0.15, 0.2) is 24.3 Å². The van der Waals surface area contributed by atoms with Gasteiger partial charge in [0.15, 0.2) is 5.82 Å². The summed E-state index contributed by atoms with van der Waals surface area (Å²) < 4.78 is 58.4. The average Bonchev–Trinajstić information content (AvgIpc) is 3.70. The molecule has 0 amide bonds. The highest BCUT2D eigenvalue weighted by Gasteiger charge is 2.49. The minimum absolute atomic E-state index is 0.0360. The number of phenolic OH excluding ortho intramolecular Hbond substituents is 1. The zero-order valence-electron chi connectivity index (χ0n) is 25.3. The number of terminal acetylenes is 1. The number of hydrogen-bond acceptors (Lipinski definition) is 9. The number of nitrogens with one attached hydrogen (secondary N) is 1. The number of methoxy groups -OCH3 is 1. The van der Waals surface area contributed by atoms with Gasteiger partial charge in [-0.2, -0.15) is 9.97 Å². The third kappa shape index (κ3) is 4.59. The molecule has 46 heavy (non-hydrogen) atoms. The molecule has 2 bridgehead atoms. The highest BCUT2D eigenvalue weighted by Crippen LogP contribution is 2.44. The van der Waals surface area contributed by atoms with E-state index in [0.717, 1.165) is 32.2 Å². The van der Waals surface area contributed by atoms with E-state index in [9.17, 15) is 13.9 Å². The molecule has 4 atom stereocenters. The van der Waals surface area contributed by atoms with Crippen LogP contribution in [0, 0.1) is 24.0 Å². The van der Waals surface area contributed by atoms with E-state index in [0.29, 0.717) is 37.3 Å². The van der Waals surface area contributed by atoms with Crippen molar-refractivity contribution < 1.29 is 27.8 Å². The Morgan fingerprint density at radius 2 is 1.91 bits per heavy atom. The van der Waals surface area contributed by atoms with Crippen molar-refractivity contribution in [1.29, 1.82) is 0 Å². The van der Waals surface area contributed by atoms with Crippen LogP contribution < -0.4 is 19.7 Å². The number of hydrogen-bond donors (Lipinski definition) is 2. The molecule has 0 radical (unpaired) electrons. The fourth-order valence-corrected chi connectivity index (χ4v) is 8.09. The summed E-state index contributed by atoms with van der Waals surface area (Å²) in [5.41, 5.74) is -0.775. The number of aromatic nitrogens is 3.